The quantitative estimate of drug-likeness (QED) is 0.398. The maximum absolute atomic E-state index is 12.6. The molecule has 2 N–H and O–H groups in total. The number of nitrogens with zero attached hydrogens (tertiary/aromatic N) is 1. The Labute approximate surface area is 202 Å². The van der Waals surface area contributed by atoms with E-state index in [0.29, 0.717) is 22.7 Å². The number of amides is 3. The van der Waals surface area contributed by atoms with Crippen LogP contribution in [0.15, 0.2) is 83.3 Å². The van der Waals surface area contributed by atoms with Gasteiger partial charge in [-0.3, -0.25) is 14.4 Å². The molecule has 35 heavy (non-hydrogen) atoms. The van der Waals surface area contributed by atoms with Gasteiger partial charge in [-0.05, 0) is 42.0 Å². The fourth-order valence-electron chi connectivity index (χ4n) is 3.51. The number of carbonyl (C=O) groups excluding carboxylic acids is 3. The van der Waals surface area contributed by atoms with Crippen molar-refractivity contribution in [3.63, 3.8) is 0 Å². The van der Waals surface area contributed by atoms with Gasteiger partial charge in [0.15, 0.2) is 5.76 Å². The summed E-state index contributed by atoms with van der Waals surface area (Å²) in [6.45, 7) is -0.0817. The van der Waals surface area contributed by atoms with Crippen LogP contribution in [-0.4, -0.2) is 43.3 Å². The van der Waals surface area contributed by atoms with E-state index in [1.54, 1.807) is 74.8 Å². The van der Waals surface area contributed by atoms with Gasteiger partial charge in [-0.15, -0.1) is 0 Å². The molecule has 0 unspecified atom stereocenters. The molecule has 0 bridgehead atoms. The number of hydrogen-bond donors (Lipinski definition) is 2. The Morgan fingerprint density at radius 2 is 1.66 bits per heavy atom. The molecule has 0 spiro atoms. The van der Waals surface area contributed by atoms with Crippen molar-refractivity contribution in [3.8, 4) is 5.75 Å². The number of para-hydroxylation sites is 1. The van der Waals surface area contributed by atoms with Crippen molar-refractivity contribution in [1.29, 1.82) is 0 Å². The summed E-state index contributed by atoms with van der Waals surface area (Å²) in [5, 5.41) is 6.40. The average molecular weight is 472 g/mol. The second-order valence-electron chi connectivity index (χ2n) is 8.01. The van der Waals surface area contributed by atoms with Crippen molar-refractivity contribution in [1.82, 2.24) is 4.90 Å². The number of carbonyl (C=O) groups is 3. The molecule has 0 fully saturated rings. The summed E-state index contributed by atoms with van der Waals surface area (Å²) in [5.74, 6) is -0.0156. The second-order valence-corrected chi connectivity index (χ2v) is 8.01. The molecule has 3 amide bonds. The van der Waals surface area contributed by atoms with Crippen LogP contribution in [0.4, 0.5) is 11.4 Å². The molecule has 0 aliphatic carbocycles. The number of benzene rings is 3. The van der Waals surface area contributed by atoms with Gasteiger partial charge in [0, 0.05) is 29.9 Å². The monoisotopic (exact) mass is 471 g/mol. The minimum absolute atomic E-state index is 0.0817. The molecule has 8 heteroatoms. The maximum atomic E-state index is 12.6. The van der Waals surface area contributed by atoms with Crippen LogP contribution < -0.4 is 15.4 Å². The molecular formula is C27H25N3O5. The van der Waals surface area contributed by atoms with Crippen LogP contribution in [0, 0.1) is 0 Å². The lowest BCUT2D eigenvalue weighted by Crippen LogP contribution is -2.35. The molecule has 1 aromatic heterocycles. The van der Waals surface area contributed by atoms with E-state index in [9.17, 15) is 14.4 Å². The number of hydrogen-bond acceptors (Lipinski definition) is 5. The van der Waals surface area contributed by atoms with Gasteiger partial charge in [-0.1, -0.05) is 36.4 Å². The molecule has 0 saturated carbocycles. The third-order valence-electron chi connectivity index (χ3n) is 5.38. The third-order valence-corrected chi connectivity index (χ3v) is 5.38. The van der Waals surface area contributed by atoms with Crippen LogP contribution >= 0.6 is 0 Å². The van der Waals surface area contributed by atoms with Gasteiger partial charge >= 0.3 is 0 Å². The van der Waals surface area contributed by atoms with Gasteiger partial charge in [0.05, 0.1) is 20.1 Å². The van der Waals surface area contributed by atoms with Gasteiger partial charge in [0.1, 0.15) is 11.3 Å². The Morgan fingerprint density at radius 1 is 0.886 bits per heavy atom. The lowest BCUT2D eigenvalue weighted by molar-refractivity contribution is -0.132. The van der Waals surface area contributed by atoms with E-state index in [1.807, 2.05) is 18.2 Å². The first kappa shape index (κ1) is 23.6. The van der Waals surface area contributed by atoms with Crippen molar-refractivity contribution in [2.45, 2.75) is 6.42 Å². The Morgan fingerprint density at radius 3 is 2.40 bits per heavy atom. The first-order valence-electron chi connectivity index (χ1n) is 11.0. The number of furan rings is 1. The molecule has 3 aromatic carbocycles. The van der Waals surface area contributed by atoms with Gasteiger partial charge in [-0.2, -0.15) is 0 Å². The zero-order chi connectivity index (χ0) is 24.8. The van der Waals surface area contributed by atoms with E-state index in [4.69, 9.17) is 9.15 Å². The van der Waals surface area contributed by atoms with Gasteiger partial charge in [-0.25, -0.2) is 0 Å². The minimum Gasteiger partial charge on any atom is -0.497 e. The summed E-state index contributed by atoms with van der Waals surface area (Å²) in [6.07, 6.45) is 0.126. The van der Waals surface area contributed by atoms with Crippen LogP contribution in [0.3, 0.4) is 0 Å². The van der Waals surface area contributed by atoms with Gasteiger partial charge < -0.3 is 24.7 Å². The first-order valence-corrected chi connectivity index (χ1v) is 11.0. The summed E-state index contributed by atoms with van der Waals surface area (Å²) in [6, 6.07) is 23.1. The van der Waals surface area contributed by atoms with E-state index < -0.39 is 0 Å². The summed E-state index contributed by atoms with van der Waals surface area (Å²) >= 11 is 0. The number of likely N-dealkylation sites (N-methyl/N-ethyl adjacent to an activating group) is 1. The molecule has 0 radical (unpaired) electrons. The zero-order valence-corrected chi connectivity index (χ0v) is 19.4. The standard InChI is InChI=1S/C27H25N3O5/c1-30(17-25(31)28-21-7-5-8-22(16-21)34-2)26(32)14-18-10-12-20(13-11-18)29-27(33)24-15-19-6-3-4-9-23(19)35-24/h3-13,15-16H,14,17H2,1-2H3,(H,28,31)(H,29,33). The summed E-state index contributed by atoms with van der Waals surface area (Å²) < 4.78 is 10.7. The van der Waals surface area contributed by atoms with Crippen molar-refractivity contribution in [3.05, 3.63) is 90.2 Å². The molecule has 4 aromatic rings. The highest BCUT2D eigenvalue weighted by atomic mass is 16.5. The average Bonchev–Trinajstić information content (AvgIpc) is 3.30. The fraction of sp³-hybridized carbons (Fsp3) is 0.148. The van der Waals surface area contributed by atoms with Crippen LogP contribution in [0.25, 0.3) is 11.0 Å². The van der Waals surface area contributed by atoms with Crippen molar-refractivity contribution in [2.75, 3.05) is 31.3 Å². The largest absolute Gasteiger partial charge is 0.497 e. The fourth-order valence-corrected chi connectivity index (χ4v) is 3.51. The zero-order valence-electron chi connectivity index (χ0n) is 19.4. The highest BCUT2D eigenvalue weighted by molar-refractivity contribution is 6.04. The lowest BCUT2D eigenvalue weighted by Gasteiger charge is -2.17. The molecule has 178 valence electrons. The number of ether oxygens (including phenoxy) is 1. The summed E-state index contributed by atoms with van der Waals surface area (Å²) in [7, 11) is 3.13. The first-order chi connectivity index (χ1) is 16.9. The minimum atomic E-state index is -0.355. The topological polar surface area (TPSA) is 101 Å². The van der Waals surface area contributed by atoms with E-state index >= 15 is 0 Å². The van der Waals surface area contributed by atoms with E-state index in [-0.39, 0.29) is 36.4 Å². The number of methoxy groups -OCH3 is 1. The molecule has 8 nitrogen and oxygen atoms in total. The molecule has 1 heterocycles. The molecular weight excluding hydrogens is 446 g/mol. The molecule has 0 atom stereocenters. The summed E-state index contributed by atoms with van der Waals surface area (Å²) in [4.78, 5) is 38.7. The summed E-state index contributed by atoms with van der Waals surface area (Å²) in [5.41, 5.74) is 2.58. The normalized spacial score (nSPS) is 10.6. The highest BCUT2D eigenvalue weighted by Gasteiger charge is 2.15. The van der Waals surface area contributed by atoms with Crippen molar-refractivity contribution >= 4 is 40.1 Å². The van der Waals surface area contributed by atoms with Crippen LogP contribution in [0.2, 0.25) is 0 Å². The van der Waals surface area contributed by atoms with E-state index in [1.165, 1.54) is 4.90 Å². The maximum Gasteiger partial charge on any atom is 0.291 e. The van der Waals surface area contributed by atoms with Crippen molar-refractivity contribution < 1.29 is 23.5 Å². The molecule has 0 saturated heterocycles. The van der Waals surface area contributed by atoms with Crippen LogP contribution in [0.1, 0.15) is 16.1 Å². The molecule has 4 rings (SSSR count). The van der Waals surface area contributed by atoms with Crippen LogP contribution in [-0.2, 0) is 16.0 Å². The molecule has 0 aliphatic rings. The van der Waals surface area contributed by atoms with Crippen molar-refractivity contribution in [2.24, 2.45) is 0 Å². The number of fused-ring (bicyclic) bond motifs is 1. The highest BCUT2D eigenvalue weighted by Crippen LogP contribution is 2.20. The number of anilines is 2. The van der Waals surface area contributed by atoms with E-state index in [2.05, 4.69) is 10.6 Å². The smallest absolute Gasteiger partial charge is 0.291 e. The lowest BCUT2D eigenvalue weighted by atomic mass is 10.1. The predicted molar refractivity (Wildman–Crippen MR) is 134 cm³/mol. The second kappa shape index (κ2) is 10.6. The van der Waals surface area contributed by atoms with Crippen LogP contribution in [0.5, 0.6) is 5.75 Å². The number of rotatable bonds is 8. The number of nitrogens with one attached hydrogen (secondary N) is 2. The SMILES string of the molecule is COc1cccc(NC(=O)CN(C)C(=O)Cc2ccc(NC(=O)c3cc4ccccc4o3)cc2)c1. The Kier molecular flexibility index (Phi) is 7.11. The Bertz CT molecular complexity index is 1330. The predicted octanol–water partition coefficient (Wildman–Crippen LogP) is 4.33. The van der Waals surface area contributed by atoms with Gasteiger partial charge in [0.25, 0.3) is 5.91 Å². The van der Waals surface area contributed by atoms with E-state index in [0.717, 1.165) is 10.9 Å². The Balaban J connectivity index is 1.29. The van der Waals surface area contributed by atoms with Gasteiger partial charge in [0.2, 0.25) is 11.8 Å². The third kappa shape index (κ3) is 6.05. The molecule has 0 aliphatic heterocycles. The Hall–Kier alpha value is -4.59.